The lowest BCUT2D eigenvalue weighted by Crippen LogP contribution is -2.38. The minimum atomic E-state index is -3.57. The molecule has 10 nitrogen and oxygen atoms in total. The molecule has 4 heterocycles. The van der Waals surface area contributed by atoms with Crippen molar-refractivity contribution in [1.29, 1.82) is 0 Å². The van der Waals surface area contributed by atoms with Gasteiger partial charge < -0.3 is 4.90 Å². The zero-order valence-electron chi connectivity index (χ0n) is 24.5. The quantitative estimate of drug-likeness (QED) is 0.303. The molecule has 3 aliphatic rings. The van der Waals surface area contributed by atoms with Gasteiger partial charge in [-0.25, -0.2) is 31.8 Å². The van der Waals surface area contributed by atoms with Gasteiger partial charge >= 0.3 is 0 Å². The Bertz CT molecular complexity index is 1910. The average molecular weight is 620 g/mol. The maximum absolute atomic E-state index is 14.6. The summed E-state index contributed by atoms with van der Waals surface area (Å²) < 4.78 is 56.5. The van der Waals surface area contributed by atoms with Crippen LogP contribution in [0, 0.1) is 17.0 Å². The first-order valence-electron chi connectivity index (χ1n) is 14.6. The molecule has 4 aromatic rings. The summed E-state index contributed by atoms with van der Waals surface area (Å²) >= 11 is 0. The lowest BCUT2D eigenvalue weighted by atomic mass is 9.66. The Hall–Kier alpha value is -4.13. The third kappa shape index (κ3) is 4.26. The second-order valence-corrected chi connectivity index (χ2v) is 14.7. The topological polar surface area (TPSA) is 124 Å². The van der Waals surface area contributed by atoms with E-state index >= 15 is 0 Å². The van der Waals surface area contributed by atoms with E-state index < -0.39 is 26.9 Å². The molecule has 44 heavy (non-hydrogen) atoms. The van der Waals surface area contributed by atoms with E-state index in [0.29, 0.717) is 18.7 Å². The molecule has 3 atom stereocenters. The molecular formula is C31H31F2N7O3S. The van der Waals surface area contributed by atoms with Crippen molar-refractivity contribution in [2.24, 2.45) is 5.41 Å². The van der Waals surface area contributed by atoms with E-state index in [0.717, 1.165) is 29.8 Å². The number of benzene rings is 1. The molecule has 1 saturated heterocycles. The van der Waals surface area contributed by atoms with E-state index in [1.54, 1.807) is 19.2 Å². The monoisotopic (exact) mass is 619 g/mol. The Labute approximate surface area is 253 Å². The van der Waals surface area contributed by atoms with Crippen LogP contribution in [0.2, 0.25) is 0 Å². The van der Waals surface area contributed by atoms with Gasteiger partial charge in [0.2, 0.25) is 5.91 Å². The second kappa shape index (κ2) is 9.94. The molecule has 2 aliphatic carbocycles. The number of carbonyl (C=O) groups is 1. The number of nitrogens with zero attached hydrogens (tertiary/aromatic N) is 7. The van der Waals surface area contributed by atoms with Gasteiger partial charge in [-0.05, 0) is 66.5 Å². The van der Waals surface area contributed by atoms with E-state index in [1.807, 2.05) is 12.1 Å². The van der Waals surface area contributed by atoms with Crippen LogP contribution in [0.3, 0.4) is 0 Å². The molecule has 1 amide bonds. The fourth-order valence-electron chi connectivity index (χ4n) is 7.63. The fraction of sp³-hybridized carbons (Fsp3) is 0.419. The Kier molecular flexibility index (Phi) is 6.47. The van der Waals surface area contributed by atoms with Crippen LogP contribution in [-0.4, -0.2) is 68.0 Å². The molecule has 13 heteroatoms. The van der Waals surface area contributed by atoms with Crippen molar-refractivity contribution in [1.82, 2.24) is 34.8 Å². The van der Waals surface area contributed by atoms with Crippen LogP contribution in [0.15, 0.2) is 48.8 Å². The minimum Gasteiger partial charge on any atom is -0.342 e. The highest BCUT2D eigenvalue weighted by atomic mass is 32.2. The molecular weight excluding hydrogens is 588 g/mol. The Balaban J connectivity index is 1.20. The summed E-state index contributed by atoms with van der Waals surface area (Å²) in [4.78, 5) is 22.6. The standard InChI is InChI=1S/C31H31F2N7O3S/c1-30(2)20-12-13-31(30,29-19(20)14-23(36-37-29)28-21(32)6-4-7-22(28)33)24-8-5-9-26(35-24)40-17-34-25(38-40)16-44(42,43)15-18-10-11-27(41)39(18)3/h4-9,14,17-18,20H,10-13,15-16H2,1-3H3/t18?,20-,31-/m0/s1. The predicted octanol–water partition coefficient (Wildman–Crippen LogP) is 4.14. The number of aromatic nitrogens is 6. The largest absolute Gasteiger partial charge is 0.342 e. The number of rotatable bonds is 7. The number of pyridine rings is 1. The highest BCUT2D eigenvalue weighted by Crippen LogP contribution is 2.69. The predicted molar refractivity (Wildman–Crippen MR) is 156 cm³/mol. The highest BCUT2D eigenvalue weighted by molar-refractivity contribution is 7.90. The first kappa shape index (κ1) is 28.6. The van der Waals surface area contributed by atoms with Gasteiger partial charge in [0.15, 0.2) is 21.5 Å². The van der Waals surface area contributed by atoms with Gasteiger partial charge in [0.1, 0.15) is 23.7 Å². The van der Waals surface area contributed by atoms with Crippen molar-refractivity contribution >= 4 is 15.7 Å². The lowest BCUT2D eigenvalue weighted by molar-refractivity contribution is -0.127. The van der Waals surface area contributed by atoms with E-state index in [1.165, 1.54) is 34.1 Å². The molecule has 3 aromatic heterocycles. The summed E-state index contributed by atoms with van der Waals surface area (Å²) in [6, 6.07) is 10.8. The van der Waals surface area contributed by atoms with Gasteiger partial charge in [-0.3, -0.25) is 4.79 Å². The fourth-order valence-corrected chi connectivity index (χ4v) is 9.25. The van der Waals surface area contributed by atoms with Crippen molar-refractivity contribution in [2.75, 3.05) is 12.8 Å². The van der Waals surface area contributed by atoms with Gasteiger partial charge in [-0.1, -0.05) is 26.0 Å². The minimum absolute atomic E-state index is 0.0508. The summed E-state index contributed by atoms with van der Waals surface area (Å²) in [5.41, 5.74) is 1.49. The van der Waals surface area contributed by atoms with Crippen molar-refractivity contribution in [3.8, 4) is 17.1 Å². The zero-order chi connectivity index (χ0) is 31.0. The summed E-state index contributed by atoms with van der Waals surface area (Å²) in [5.74, 6) is -1.20. The molecule has 0 radical (unpaired) electrons. The number of hydrogen-bond donors (Lipinski definition) is 0. The molecule has 1 saturated carbocycles. The molecule has 7 rings (SSSR count). The summed E-state index contributed by atoms with van der Waals surface area (Å²) in [6.45, 7) is 4.33. The molecule has 1 aromatic carbocycles. The number of amides is 1. The van der Waals surface area contributed by atoms with E-state index in [4.69, 9.17) is 4.98 Å². The third-order valence-corrected chi connectivity index (χ3v) is 11.6. The van der Waals surface area contributed by atoms with Crippen LogP contribution in [-0.2, 0) is 25.8 Å². The van der Waals surface area contributed by atoms with Crippen molar-refractivity contribution in [2.45, 2.75) is 62.7 Å². The Morgan fingerprint density at radius 1 is 1.05 bits per heavy atom. The van der Waals surface area contributed by atoms with Crippen LogP contribution in [0.25, 0.3) is 17.1 Å². The number of halogens is 2. The second-order valence-electron chi connectivity index (χ2n) is 12.6. The number of hydrogen-bond acceptors (Lipinski definition) is 8. The third-order valence-electron chi connectivity index (χ3n) is 9.97. The molecule has 0 spiro atoms. The maximum Gasteiger partial charge on any atom is 0.222 e. The van der Waals surface area contributed by atoms with Gasteiger partial charge in [0.05, 0.1) is 33.8 Å². The first-order chi connectivity index (χ1) is 20.9. The summed E-state index contributed by atoms with van der Waals surface area (Å²) in [6.07, 6.45) is 3.94. The van der Waals surface area contributed by atoms with E-state index in [-0.39, 0.29) is 51.9 Å². The van der Waals surface area contributed by atoms with Crippen LogP contribution >= 0.6 is 0 Å². The van der Waals surface area contributed by atoms with Crippen molar-refractivity contribution < 1.29 is 22.0 Å². The normalized spacial score (nSPS) is 23.8. The van der Waals surface area contributed by atoms with Crippen LogP contribution in [0.4, 0.5) is 8.78 Å². The molecule has 1 aliphatic heterocycles. The SMILES string of the molecule is CN1C(=O)CCC1CS(=O)(=O)Cc1ncn(-c2cccc([C@@]34CC[C@@H](c5cc(-c6c(F)cccc6F)nnc53)C4(C)C)n2)n1. The number of fused-ring (bicyclic) bond motifs is 5. The van der Waals surface area contributed by atoms with E-state index in [9.17, 15) is 22.0 Å². The highest BCUT2D eigenvalue weighted by Gasteiger charge is 2.65. The molecule has 2 fully saturated rings. The molecule has 228 valence electrons. The first-order valence-corrected chi connectivity index (χ1v) is 16.4. The van der Waals surface area contributed by atoms with Gasteiger partial charge in [-0.2, -0.15) is 5.10 Å². The summed E-state index contributed by atoms with van der Waals surface area (Å²) in [7, 11) is -1.94. The van der Waals surface area contributed by atoms with Gasteiger partial charge in [-0.15, -0.1) is 10.2 Å². The van der Waals surface area contributed by atoms with E-state index in [2.05, 4.69) is 34.1 Å². The van der Waals surface area contributed by atoms with Crippen molar-refractivity contribution in [3.05, 3.63) is 83.2 Å². The van der Waals surface area contributed by atoms with Crippen molar-refractivity contribution in [3.63, 3.8) is 0 Å². The smallest absolute Gasteiger partial charge is 0.222 e. The maximum atomic E-state index is 14.6. The number of sulfone groups is 1. The molecule has 1 unspecified atom stereocenters. The van der Waals surface area contributed by atoms with Crippen LogP contribution in [0.1, 0.15) is 68.2 Å². The average Bonchev–Trinajstić information content (AvgIpc) is 3.69. The Morgan fingerprint density at radius 3 is 2.52 bits per heavy atom. The molecule has 2 bridgehead atoms. The number of likely N-dealkylation sites (tertiary alicyclic amines) is 1. The number of carbonyl (C=O) groups excluding carboxylic acids is 1. The van der Waals surface area contributed by atoms with Crippen LogP contribution in [0.5, 0.6) is 0 Å². The zero-order valence-corrected chi connectivity index (χ0v) is 25.4. The molecule has 0 N–H and O–H groups in total. The van der Waals surface area contributed by atoms with Gasteiger partial charge in [0, 0.05) is 19.5 Å². The lowest BCUT2D eigenvalue weighted by Gasteiger charge is -2.37. The Morgan fingerprint density at radius 2 is 1.80 bits per heavy atom. The van der Waals surface area contributed by atoms with Gasteiger partial charge in [0.25, 0.3) is 0 Å². The van der Waals surface area contributed by atoms with Crippen LogP contribution < -0.4 is 0 Å². The summed E-state index contributed by atoms with van der Waals surface area (Å²) in [5, 5.41) is 13.3.